The number of rotatable bonds is 6. The van der Waals surface area contributed by atoms with Gasteiger partial charge in [0, 0.05) is 56.0 Å². The van der Waals surface area contributed by atoms with E-state index in [0.717, 1.165) is 18.1 Å². The van der Waals surface area contributed by atoms with Gasteiger partial charge in [-0.15, -0.1) is 24.8 Å². The Balaban J connectivity index is 0.00000242. The zero-order valence-electron chi connectivity index (χ0n) is 12.6. The van der Waals surface area contributed by atoms with Crippen molar-refractivity contribution in [2.75, 3.05) is 31.1 Å². The number of aromatic nitrogens is 1. The Morgan fingerprint density at radius 1 is 1.30 bits per heavy atom. The highest BCUT2D eigenvalue weighted by molar-refractivity contribution is 7.99. The molecule has 0 spiro atoms. The van der Waals surface area contributed by atoms with Gasteiger partial charge in [-0.2, -0.15) is 11.8 Å². The van der Waals surface area contributed by atoms with Gasteiger partial charge in [0.05, 0.1) is 5.56 Å². The molecule has 1 aromatic heterocycles. The van der Waals surface area contributed by atoms with Crippen LogP contribution in [0, 0.1) is 0 Å². The van der Waals surface area contributed by atoms with Gasteiger partial charge in [-0.05, 0) is 12.1 Å². The van der Waals surface area contributed by atoms with Crippen molar-refractivity contribution in [3.8, 4) is 0 Å². The van der Waals surface area contributed by atoms with Crippen molar-refractivity contribution in [2.45, 2.75) is 12.5 Å². The van der Waals surface area contributed by atoms with Crippen LogP contribution in [0.1, 0.15) is 16.8 Å². The Labute approximate surface area is 152 Å². The molecule has 0 saturated carbocycles. The van der Waals surface area contributed by atoms with Gasteiger partial charge in [-0.25, -0.2) is 0 Å². The molecule has 6 nitrogen and oxygen atoms in total. The van der Waals surface area contributed by atoms with Crippen molar-refractivity contribution < 1.29 is 9.59 Å². The predicted molar refractivity (Wildman–Crippen MR) is 97.8 cm³/mol. The molecule has 2 heterocycles. The summed E-state index contributed by atoms with van der Waals surface area (Å²) in [6, 6.07) is 3.67. The third kappa shape index (κ3) is 8.41. The first kappa shape index (κ1) is 22.0. The average Bonchev–Trinajstić information content (AvgIpc) is 2.53. The van der Waals surface area contributed by atoms with E-state index in [0.29, 0.717) is 25.1 Å². The number of carbonyl (C=O) groups excluding carboxylic acids is 2. The predicted octanol–water partition coefficient (Wildman–Crippen LogP) is 0.866. The average molecular weight is 381 g/mol. The molecule has 0 bridgehead atoms. The Bertz CT molecular complexity index is 473. The molecule has 3 N–H and O–H groups in total. The molecule has 130 valence electrons. The molecule has 1 fully saturated rings. The Kier molecular flexibility index (Phi) is 11.9. The zero-order chi connectivity index (χ0) is 14.9. The minimum Gasteiger partial charge on any atom is -0.354 e. The SMILES string of the molecule is Cl.Cl.O=C(CC1CSCCN1)NCCNC(=O)c1cccnc1. The van der Waals surface area contributed by atoms with Crippen LogP contribution in [0.4, 0.5) is 0 Å². The van der Waals surface area contributed by atoms with Crippen LogP contribution in [0.15, 0.2) is 24.5 Å². The zero-order valence-corrected chi connectivity index (χ0v) is 15.1. The summed E-state index contributed by atoms with van der Waals surface area (Å²) < 4.78 is 0. The van der Waals surface area contributed by atoms with E-state index in [-0.39, 0.29) is 42.7 Å². The summed E-state index contributed by atoms with van der Waals surface area (Å²) in [7, 11) is 0. The molecule has 1 aliphatic heterocycles. The van der Waals surface area contributed by atoms with Gasteiger partial charge < -0.3 is 16.0 Å². The smallest absolute Gasteiger partial charge is 0.252 e. The van der Waals surface area contributed by atoms with E-state index in [1.54, 1.807) is 18.3 Å². The molecule has 2 amide bonds. The van der Waals surface area contributed by atoms with E-state index in [1.807, 2.05) is 11.8 Å². The third-order valence-electron chi connectivity index (χ3n) is 3.09. The molecule has 0 aromatic carbocycles. The monoisotopic (exact) mass is 380 g/mol. The maximum absolute atomic E-state index is 11.7. The number of pyridine rings is 1. The molecule has 0 aliphatic carbocycles. The first-order valence-electron chi connectivity index (χ1n) is 7.02. The number of hydrogen-bond acceptors (Lipinski definition) is 5. The summed E-state index contributed by atoms with van der Waals surface area (Å²) in [6.07, 6.45) is 3.62. The highest BCUT2D eigenvalue weighted by Gasteiger charge is 2.16. The highest BCUT2D eigenvalue weighted by Crippen LogP contribution is 2.09. The van der Waals surface area contributed by atoms with E-state index >= 15 is 0 Å². The van der Waals surface area contributed by atoms with Gasteiger partial charge in [0.15, 0.2) is 0 Å². The van der Waals surface area contributed by atoms with E-state index < -0.39 is 0 Å². The quantitative estimate of drug-likeness (QED) is 0.637. The molecule has 1 aliphatic rings. The standard InChI is InChI=1S/C14H20N4O2S.2ClH/c19-13(8-12-10-21-7-6-16-12)17-4-5-18-14(20)11-2-1-3-15-9-11;;/h1-3,9,12,16H,4-8,10H2,(H,17,19)(H,18,20);2*1H. The van der Waals surface area contributed by atoms with E-state index in [9.17, 15) is 9.59 Å². The van der Waals surface area contributed by atoms with Crippen LogP contribution in [-0.2, 0) is 4.79 Å². The van der Waals surface area contributed by atoms with Crippen molar-refractivity contribution >= 4 is 48.4 Å². The summed E-state index contributed by atoms with van der Waals surface area (Å²) in [5.41, 5.74) is 0.521. The lowest BCUT2D eigenvalue weighted by molar-refractivity contribution is -0.121. The molecule has 1 saturated heterocycles. The summed E-state index contributed by atoms with van der Waals surface area (Å²) in [5, 5.41) is 8.88. The minimum absolute atomic E-state index is 0. The lowest BCUT2D eigenvalue weighted by Gasteiger charge is -2.22. The summed E-state index contributed by atoms with van der Waals surface area (Å²) in [6.45, 7) is 1.81. The number of thioether (sulfide) groups is 1. The largest absolute Gasteiger partial charge is 0.354 e. The first-order valence-corrected chi connectivity index (χ1v) is 8.17. The number of nitrogens with one attached hydrogen (secondary N) is 3. The molecule has 9 heteroatoms. The number of carbonyl (C=O) groups is 2. The van der Waals surface area contributed by atoms with Gasteiger partial charge >= 0.3 is 0 Å². The highest BCUT2D eigenvalue weighted by atomic mass is 35.5. The lowest BCUT2D eigenvalue weighted by Crippen LogP contribution is -2.42. The van der Waals surface area contributed by atoms with Crippen LogP contribution in [0.3, 0.4) is 0 Å². The second-order valence-electron chi connectivity index (χ2n) is 4.78. The van der Waals surface area contributed by atoms with Crippen LogP contribution in [-0.4, -0.2) is 54.0 Å². The number of nitrogens with zero attached hydrogens (tertiary/aromatic N) is 1. The second kappa shape index (κ2) is 12.4. The number of hydrogen-bond donors (Lipinski definition) is 3. The van der Waals surface area contributed by atoms with Crippen molar-refractivity contribution in [1.82, 2.24) is 20.9 Å². The molecule has 0 radical (unpaired) electrons. The van der Waals surface area contributed by atoms with Gasteiger partial charge in [0.1, 0.15) is 0 Å². The van der Waals surface area contributed by atoms with Crippen LogP contribution in [0.5, 0.6) is 0 Å². The van der Waals surface area contributed by atoms with E-state index in [1.165, 1.54) is 6.20 Å². The minimum atomic E-state index is -0.178. The second-order valence-corrected chi connectivity index (χ2v) is 5.93. The van der Waals surface area contributed by atoms with Crippen molar-refractivity contribution in [3.63, 3.8) is 0 Å². The van der Waals surface area contributed by atoms with Crippen LogP contribution in [0.25, 0.3) is 0 Å². The van der Waals surface area contributed by atoms with Crippen LogP contribution >= 0.6 is 36.6 Å². The topological polar surface area (TPSA) is 83.1 Å². The third-order valence-corrected chi connectivity index (χ3v) is 4.22. The van der Waals surface area contributed by atoms with Gasteiger partial charge in [-0.3, -0.25) is 14.6 Å². The Hall–Kier alpha value is -1.02. The molecular formula is C14H22Cl2N4O2S. The van der Waals surface area contributed by atoms with Crippen molar-refractivity contribution in [2.24, 2.45) is 0 Å². The fourth-order valence-electron chi connectivity index (χ4n) is 2.02. The van der Waals surface area contributed by atoms with Gasteiger partial charge in [0.2, 0.25) is 5.91 Å². The molecule has 2 rings (SSSR count). The first-order chi connectivity index (χ1) is 10.3. The summed E-state index contributed by atoms with van der Waals surface area (Å²) in [5.74, 6) is 1.93. The molecule has 1 aromatic rings. The Morgan fingerprint density at radius 3 is 2.74 bits per heavy atom. The fraction of sp³-hybridized carbons (Fsp3) is 0.500. The molecule has 1 unspecified atom stereocenters. The van der Waals surface area contributed by atoms with E-state index in [2.05, 4.69) is 20.9 Å². The summed E-state index contributed by atoms with van der Waals surface area (Å²) in [4.78, 5) is 27.4. The number of amides is 2. The van der Waals surface area contributed by atoms with Gasteiger partial charge in [0.25, 0.3) is 5.91 Å². The summed E-state index contributed by atoms with van der Waals surface area (Å²) >= 11 is 1.87. The molecule has 23 heavy (non-hydrogen) atoms. The lowest BCUT2D eigenvalue weighted by atomic mass is 10.2. The maximum atomic E-state index is 11.7. The maximum Gasteiger partial charge on any atom is 0.252 e. The molecule has 1 atom stereocenters. The fourth-order valence-corrected chi connectivity index (χ4v) is 2.97. The van der Waals surface area contributed by atoms with E-state index in [4.69, 9.17) is 0 Å². The Morgan fingerprint density at radius 2 is 2.09 bits per heavy atom. The van der Waals surface area contributed by atoms with Crippen LogP contribution < -0.4 is 16.0 Å². The van der Waals surface area contributed by atoms with Crippen molar-refractivity contribution in [1.29, 1.82) is 0 Å². The van der Waals surface area contributed by atoms with Crippen molar-refractivity contribution in [3.05, 3.63) is 30.1 Å². The normalized spacial score (nSPS) is 16.4. The van der Waals surface area contributed by atoms with Gasteiger partial charge in [-0.1, -0.05) is 0 Å². The van der Waals surface area contributed by atoms with Crippen LogP contribution in [0.2, 0.25) is 0 Å². The molecular weight excluding hydrogens is 359 g/mol. The number of halogens is 2.